The Labute approximate surface area is 241 Å². The number of hydrogen-bond donors (Lipinski definition) is 5. The topological polar surface area (TPSA) is 202 Å². The summed E-state index contributed by atoms with van der Waals surface area (Å²) in [7, 11) is -4.79. The number of carbonyl (C=O) groups is 3. The van der Waals surface area contributed by atoms with E-state index in [-0.39, 0.29) is 23.1 Å². The van der Waals surface area contributed by atoms with Gasteiger partial charge in [0, 0.05) is 36.2 Å². The van der Waals surface area contributed by atoms with Crippen molar-refractivity contribution in [3.8, 4) is 5.75 Å². The monoisotopic (exact) mass is 626 g/mol. The summed E-state index contributed by atoms with van der Waals surface area (Å²) in [6, 6.07) is 7.45. The summed E-state index contributed by atoms with van der Waals surface area (Å²) in [5.74, 6) is -2.29. The SMILES string of the molecule is NC(=O)CNC(=O)[C@H](Cc1ccc(OP(=O)(O)O)cc1)NC(=O)[C@H]1CCCN1c1ccc2c(C(F)(F)F)cc(=O)oc2c1. The van der Waals surface area contributed by atoms with Gasteiger partial charge in [0.1, 0.15) is 23.4 Å². The summed E-state index contributed by atoms with van der Waals surface area (Å²) in [6.45, 7) is -0.162. The summed E-state index contributed by atoms with van der Waals surface area (Å²) in [6.07, 6.45) is -4.02. The van der Waals surface area contributed by atoms with Gasteiger partial charge in [0.25, 0.3) is 0 Å². The molecule has 2 atom stereocenters. The molecule has 0 aliphatic carbocycles. The van der Waals surface area contributed by atoms with Crippen molar-refractivity contribution >= 4 is 42.2 Å². The zero-order chi connectivity index (χ0) is 31.5. The Morgan fingerprint density at radius 3 is 2.47 bits per heavy atom. The molecule has 1 saturated heterocycles. The van der Waals surface area contributed by atoms with E-state index >= 15 is 0 Å². The molecule has 3 aromatic rings. The molecule has 0 radical (unpaired) electrons. The highest BCUT2D eigenvalue weighted by molar-refractivity contribution is 7.46. The van der Waals surface area contributed by atoms with Crippen molar-refractivity contribution in [2.45, 2.75) is 37.5 Å². The molecular formula is C26H26F3N4O9P. The van der Waals surface area contributed by atoms with Crippen LogP contribution in [0.1, 0.15) is 24.0 Å². The molecule has 1 fully saturated rings. The maximum absolute atomic E-state index is 13.5. The van der Waals surface area contributed by atoms with E-state index < -0.39 is 61.5 Å². The highest BCUT2D eigenvalue weighted by atomic mass is 31.2. The van der Waals surface area contributed by atoms with Gasteiger partial charge in [0.2, 0.25) is 17.7 Å². The van der Waals surface area contributed by atoms with Crippen molar-refractivity contribution in [2.75, 3.05) is 18.0 Å². The van der Waals surface area contributed by atoms with Gasteiger partial charge in [-0.15, -0.1) is 0 Å². The number of carbonyl (C=O) groups excluding carboxylic acids is 3. The molecular weight excluding hydrogens is 600 g/mol. The second-order valence-electron chi connectivity index (χ2n) is 9.68. The van der Waals surface area contributed by atoms with Crippen molar-refractivity contribution in [3.05, 3.63) is 70.1 Å². The summed E-state index contributed by atoms with van der Waals surface area (Å²) in [5.41, 5.74) is 3.26. The first kappa shape index (κ1) is 31.5. The predicted molar refractivity (Wildman–Crippen MR) is 145 cm³/mol. The molecule has 2 aromatic carbocycles. The summed E-state index contributed by atoms with van der Waals surface area (Å²) < 4.78 is 60.9. The fraction of sp³-hybridized carbons (Fsp3) is 0.308. The van der Waals surface area contributed by atoms with Crippen LogP contribution in [0.15, 0.2) is 57.7 Å². The molecule has 3 amide bonds. The van der Waals surface area contributed by atoms with Crippen LogP contribution in [-0.2, 0) is 31.5 Å². The number of fused-ring (bicyclic) bond motifs is 1. The number of nitrogens with one attached hydrogen (secondary N) is 2. The van der Waals surface area contributed by atoms with Crippen LogP contribution < -0.4 is 31.4 Å². The molecule has 4 rings (SSSR count). The molecule has 0 spiro atoms. The minimum Gasteiger partial charge on any atom is -0.423 e. The van der Waals surface area contributed by atoms with E-state index in [1.54, 1.807) is 4.90 Å². The highest BCUT2D eigenvalue weighted by Crippen LogP contribution is 2.38. The smallest absolute Gasteiger partial charge is 0.423 e. The Hall–Kier alpha value is -4.40. The van der Waals surface area contributed by atoms with Crippen LogP contribution in [0.2, 0.25) is 0 Å². The van der Waals surface area contributed by atoms with Crippen molar-refractivity contribution in [2.24, 2.45) is 5.73 Å². The minimum absolute atomic E-state index is 0.0966. The number of benzene rings is 2. The van der Waals surface area contributed by atoms with E-state index in [0.29, 0.717) is 36.7 Å². The third-order valence-corrected chi connectivity index (χ3v) is 7.03. The number of amides is 3. The van der Waals surface area contributed by atoms with Crippen LogP contribution in [0, 0.1) is 0 Å². The van der Waals surface area contributed by atoms with E-state index in [9.17, 15) is 36.9 Å². The Balaban J connectivity index is 1.56. The van der Waals surface area contributed by atoms with Gasteiger partial charge in [-0.05, 0) is 42.7 Å². The van der Waals surface area contributed by atoms with E-state index in [4.69, 9.17) is 19.9 Å². The number of alkyl halides is 3. The molecule has 17 heteroatoms. The van der Waals surface area contributed by atoms with Crippen molar-refractivity contribution in [3.63, 3.8) is 0 Å². The first-order valence-corrected chi connectivity index (χ1v) is 14.3. The lowest BCUT2D eigenvalue weighted by molar-refractivity contribution is -0.136. The molecule has 43 heavy (non-hydrogen) atoms. The van der Waals surface area contributed by atoms with Crippen molar-refractivity contribution in [1.82, 2.24) is 10.6 Å². The minimum atomic E-state index is -4.79. The van der Waals surface area contributed by atoms with Crippen molar-refractivity contribution in [1.29, 1.82) is 0 Å². The van der Waals surface area contributed by atoms with Gasteiger partial charge < -0.3 is 30.2 Å². The maximum Gasteiger partial charge on any atom is 0.524 e. The van der Waals surface area contributed by atoms with E-state index in [2.05, 4.69) is 15.2 Å². The molecule has 0 saturated carbocycles. The Morgan fingerprint density at radius 1 is 1.14 bits per heavy atom. The predicted octanol–water partition coefficient (Wildman–Crippen LogP) is 1.58. The van der Waals surface area contributed by atoms with Crippen LogP contribution in [0.3, 0.4) is 0 Å². The van der Waals surface area contributed by atoms with E-state index in [1.165, 1.54) is 36.4 Å². The van der Waals surface area contributed by atoms with Crippen LogP contribution >= 0.6 is 7.82 Å². The largest absolute Gasteiger partial charge is 0.524 e. The normalized spacial score (nSPS) is 16.1. The van der Waals surface area contributed by atoms with Crippen LogP contribution in [0.5, 0.6) is 5.75 Å². The Bertz CT molecular complexity index is 1640. The molecule has 6 N–H and O–H groups in total. The molecule has 0 unspecified atom stereocenters. The number of rotatable bonds is 10. The number of hydrogen-bond acceptors (Lipinski definition) is 8. The molecule has 13 nitrogen and oxygen atoms in total. The third kappa shape index (κ3) is 8.12. The first-order valence-electron chi connectivity index (χ1n) is 12.7. The molecule has 1 aliphatic heterocycles. The van der Waals surface area contributed by atoms with Crippen LogP contribution in [0.25, 0.3) is 11.0 Å². The molecule has 1 aliphatic rings. The van der Waals surface area contributed by atoms with Crippen LogP contribution in [0.4, 0.5) is 18.9 Å². The number of anilines is 1. The highest BCUT2D eigenvalue weighted by Gasteiger charge is 2.36. The molecule has 0 bridgehead atoms. The molecule has 2 heterocycles. The second-order valence-corrected chi connectivity index (χ2v) is 10.8. The van der Waals surface area contributed by atoms with Crippen LogP contribution in [-0.4, -0.2) is 52.7 Å². The number of nitrogens with two attached hydrogens (primary N) is 1. The molecule has 230 valence electrons. The maximum atomic E-state index is 13.5. The standard InChI is InChI=1S/C26H26F3N4O9P/c27-26(28,29)18-12-23(35)41-21-11-15(5-8-17(18)21)33-9-1-2-20(33)25(37)32-19(24(36)31-13-22(30)34)10-14-3-6-16(7-4-14)42-43(38,39)40/h3-8,11-12,19-20H,1-2,9-10,13H2,(H2,30,34)(H,31,36)(H,32,37)(H2,38,39,40)/t19-,20+/m0/s1. The lowest BCUT2D eigenvalue weighted by Crippen LogP contribution is -2.54. The Morgan fingerprint density at radius 2 is 1.84 bits per heavy atom. The second kappa shape index (κ2) is 12.5. The van der Waals surface area contributed by atoms with E-state index in [0.717, 1.165) is 6.07 Å². The summed E-state index contributed by atoms with van der Waals surface area (Å²) >= 11 is 0. The third-order valence-electron chi connectivity index (χ3n) is 6.58. The average molecular weight is 626 g/mol. The fourth-order valence-electron chi connectivity index (χ4n) is 4.75. The van der Waals surface area contributed by atoms with Gasteiger partial charge in [0.15, 0.2) is 0 Å². The number of halogens is 3. The first-order chi connectivity index (χ1) is 20.1. The van der Waals surface area contributed by atoms with Gasteiger partial charge in [-0.2, -0.15) is 13.2 Å². The molecule has 1 aromatic heterocycles. The van der Waals surface area contributed by atoms with E-state index in [1.807, 2.05) is 0 Å². The summed E-state index contributed by atoms with van der Waals surface area (Å²) in [5, 5.41) is 4.64. The fourth-order valence-corrected chi connectivity index (χ4v) is 5.14. The number of primary amides is 1. The van der Waals surface area contributed by atoms with Gasteiger partial charge in [-0.1, -0.05) is 12.1 Å². The summed E-state index contributed by atoms with van der Waals surface area (Å²) in [4.78, 5) is 68.9. The Kier molecular flexibility index (Phi) is 9.13. The van der Waals surface area contributed by atoms with Crippen molar-refractivity contribution < 1.29 is 50.8 Å². The zero-order valence-electron chi connectivity index (χ0n) is 22.2. The van der Waals surface area contributed by atoms with Gasteiger partial charge in [0.05, 0.1) is 12.1 Å². The van der Waals surface area contributed by atoms with Gasteiger partial charge in [-0.25, -0.2) is 9.36 Å². The van der Waals surface area contributed by atoms with Gasteiger partial charge >= 0.3 is 19.6 Å². The quantitative estimate of drug-likeness (QED) is 0.163. The number of nitrogens with zero attached hydrogens (tertiary/aromatic N) is 1. The number of phosphoric ester groups is 1. The van der Waals surface area contributed by atoms with Gasteiger partial charge in [-0.3, -0.25) is 24.2 Å². The lowest BCUT2D eigenvalue weighted by atomic mass is 10.0. The zero-order valence-corrected chi connectivity index (χ0v) is 23.1. The lowest BCUT2D eigenvalue weighted by Gasteiger charge is -2.28. The number of phosphoric acid groups is 1. The average Bonchev–Trinajstić information content (AvgIpc) is 3.40.